The van der Waals surface area contributed by atoms with Gasteiger partial charge in [0.05, 0.1) is 6.67 Å². The van der Waals surface area contributed by atoms with Crippen molar-refractivity contribution in [1.82, 2.24) is 19.2 Å². The number of aryl methyl sites for hydroxylation is 2. The maximum absolute atomic E-state index is 5.64. The van der Waals surface area contributed by atoms with Gasteiger partial charge in [-0.05, 0) is 63.0 Å². The van der Waals surface area contributed by atoms with Gasteiger partial charge in [-0.25, -0.2) is 4.68 Å². The third-order valence-electron chi connectivity index (χ3n) is 4.94. The second-order valence-electron chi connectivity index (χ2n) is 6.58. The van der Waals surface area contributed by atoms with E-state index in [9.17, 15) is 0 Å². The van der Waals surface area contributed by atoms with E-state index < -0.39 is 0 Å². The molecule has 4 rings (SSSR count). The summed E-state index contributed by atoms with van der Waals surface area (Å²) in [7, 11) is 2.18. The standard InChI is InChI=1S/C17H22N4S/c1-12-18-20(17(22)21(12)14-8-9-14)11-19(2)16-10-7-13-5-3-4-6-15(13)16/h3-6,14,16H,7-11H2,1-2H3. The van der Waals surface area contributed by atoms with Crippen LogP contribution in [0.15, 0.2) is 24.3 Å². The molecule has 1 unspecified atom stereocenters. The molecule has 22 heavy (non-hydrogen) atoms. The fourth-order valence-electron chi connectivity index (χ4n) is 3.68. The summed E-state index contributed by atoms with van der Waals surface area (Å²) in [5.41, 5.74) is 2.96. The van der Waals surface area contributed by atoms with E-state index in [0.717, 1.165) is 17.3 Å². The predicted octanol–water partition coefficient (Wildman–Crippen LogP) is 3.63. The Labute approximate surface area is 136 Å². The molecule has 0 bridgehead atoms. The van der Waals surface area contributed by atoms with Crippen molar-refractivity contribution in [2.45, 2.75) is 51.4 Å². The van der Waals surface area contributed by atoms with E-state index in [1.807, 2.05) is 4.68 Å². The van der Waals surface area contributed by atoms with Crippen molar-refractivity contribution < 1.29 is 0 Å². The Morgan fingerprint density at radius 1 is 1.27 bits per heavy atom. The Morgan fingerprint density at radius 2 is 2.05 bits per heavy atom. The van der Waals surface area contributed by atoms with Gasteiger partial charge in [-0.2, -0.15) is 5.10 Å². The van der Waals surface area contributed by atoms with E-state index in [2.05, 4.69) is 52.8 Å². The van der Waals surface area contributed by atoms with Crippen LogP contribution in [0.4, 0.5) is 0 Å². The minimum Gasteiger partial charge on any atom is -0.301 e. The molecule has 0 aliphatic heterocycles. The largest absolute Gasteiger partial charge is 0.301 e. The maximum atomic E-state index is 5.64. The molecule has 0 amide bonds. The van der Waals surface area contributed by atoms with Gasteiger partial charge in [0.2, 0.25) is 0 Å². The van der Waals surface area contributed by atoms with Crippen LogP contribution in [-0.4, -0.2) is 26.3 Å². The molecule has 1 aromatic heterocycles. The van der Waals surface area contributed by atoms with Crippen molar-refractivity contribution in [2.75, 3.05) is 7.05 Å². The zero-order chi connectivity index (χ0) is 15.3. The van der Waals surface area contributed by atoms with Gasteiger partial charge in [-0.15, -0.1) is 0 Å². The molecular weight excluding hydrogens is 292 g/mol. The van der Waals surface area contributed by atoms with Crippen molar-refractivity contribution in [3.63, 3.8) is 0 Å². The Hall–Kier alpha value is -1.46. The maximum Gasteiger partial charge on any atom is 0.199 e. The average molecular weight is 314 g/mol. The van der Waals surface area contributed by atoms with Gasteiger partial charge in [0.25, 0.3) is 0 Å². The number of rotatable bonds is 4. The lowest BCUT2D eigenvalue weighted by Crippen LogP contribution is -2.26. The fourth-order valence-corrected chi connectivity index (χ4v) is 4.06. The molecule has 1 fully saturated rings. The lowest BCUT2D eigenvalue weighted by molar-refractivity contribution is 0.181. The highest BCUT2D eigenvalue weighted by molar-refractivity contribution is 7.71. The highest BCUT2D eigenvalue weighted by Crippen LogP contribution is 2.37. The molecule has 2 aliphatic carbocycles. The molecule has 116 valence electrons. The number of hydrogen-bond donors (Lipinski definition) is 0. The Bertz CT molecular complexity index is 756. The molecular formula is C17H22N4S. The van der Waals surface area contributed by atoms with Crippen LogP contribution in [0.3, 0.4) is 0 Å². The van der Waals surface area contributed by atoms with Crippen LogP contribution < -0.4 is 0 Å². The molecule has 0 N–H and O–H groups in total. The number of nitrogens with zero attached hydrogens (tertiary/aromatic N) is 4. The third-order valence-corrected chi connectivity index (χ3v) is 5.35. The van der Waals surface area contributed by atoms with Crippen molar-refractivity contribution in [2.24, 2.45) is 0 Å². The topological polar surface area (TPSA) is 26.0 Å². The number of hydrogen-bond acceptors (Lipinski definition) is 3. The Morgan fingerprint density at radius 3 is 2.82 bits per heavy atom. The van der Waals surface area contributed by atoms with Gasteiger partial charge in [0.1, 0.15) is 5.82 Å². The summed E-state index contributed by atoms with van der Waals surface area (Å²) in [5, 5.41) is 4.67. The van der Waals surface area contributed by atoms with Gasteiger partial charge in [-0.3, -0.25) is 4.90 Å². The molecule has 1 aromatic carbocycles. The first kappa shape index (κ1) is 14.2. The summed E-state index contributed by atoms with van der Waals surface area (Å²) >= 11 is 5.64. The normalized spacial score (nSPS) is 20.6. The fraction of sp³-hybridized carbons (Fsp3) is 0.529. The highest BCUT2D eigenvalue weighted by atomic mass is 32.1. The monoisotopic (exact) mass is 314 g/mol. The van der Waals surface area contributed by atoms with Crippen molar-refractivity contribution in [3.05, 3.63) is 46.0 Å². The molecule has 0 spiro atoms. The van der Waals surface area contributed by atoms with Crippen LogP contribution in [0.25, 0.3) is 0 Å². The molecule has 0 saturated heterocycles. The summed E-state index contributed by atoms with van der Waals surface area (Å²) in [6, 6.07) is 9.86. The van der Waals surface area contributed by atoms with Gasteiger partial charge in [0, 0.05) is 12.1 Å². The van der Waals surface area contributed by atoms with Crippen LogP contribution in [0, 0.1) is 11.7 Å². The van der Waals surface area contributed by atoms with Crippen LogP contribution in [0.2, 0.25) is 0 Å². The minimum absolute atomic E-state index is 0.476. The van der Waals surface area contributed by atoms with Gasteiger partial charge in [-0.1, -0.05) is 24.3 Å². The van der Waals surface area contributed by atoms with E-state index in [1.54, 1.807) is 0 Å². The van der Waals surface area contributed by atoms with Crippen LogP contribution >= 0.6 is 12.2 Å². The first-order chi connectivity index (χ1) is 10.6. The summed E-state index contributed by atoms with van der Waals surface area (Å²) in [6.45, 7) is 2.83. The zero-order valence-electron chi connectivity index (χ0n) is 13.2. The SMILES string of the molecule is Cc1nn(CN(C)C2CCc3ccccc32)c(=S)n1C1CC1. The smallest absolute Gasteiger partial charge is 0.199 e. The second kappa shape index (κ2) is 5.32. The molecule has 1 atom stereocenters. The van der Waals surface area contributed by atoms with E-state index in [0.29, 0.717) is 12.1 Å². The van der Waals surface area contributed by atoms with E-state index in [4.69, 9.17) is 12.2 Å². The molecule has 5 heteroatoms. The van der Waals surface area contributed by atoms with Crippen molar-refractivity contribution >= 4 is 12.2 Å². The molecule has 0 radical (unpaired) electrons. The Balaban J connectivity index is 1.57. The molecule has 2 aliphatic rings. The average Bonchev–Trinajstić information content (AvgIpc) is 3.17. The predicted molar refractivity (Wildman–Crippen MR) is 89.3 cm³/mol. The summed E-state index contributed by atoms with van der Waals surface area (Å²) < 4.78 is 5.09. The lowest BCUT2D eigenvalue weighted by Gasteiger charge is -2.24. The molecule has 4 nitrogen and oxygen atoms in total. The number of aromatic nitrogens is 3. The van der Waals surface area contributed by atoms with E-state index in [-0.39, 0.29) is 0 Å². The highest BCUT2D eigenvalue weighted by Gasteiger charge is 2.29. The summed E-state index contributed by atoms with van der Waals surface area (Å²) in [6.07, 6.45) is 4.84. The van der Waals surface area contributed by atoms with Crippen molar-refractivity contribution in [1.29, 1.82) is 0 Å². The van der Waals surface area contributed by atoms with Gasteiger partial charge < -0.3 is 4.57 Å². The minimum atomic E-state index is 0.476. The molecule has 1 heterocycles. The first-order valence-corrected chi connectivity index (χ1v) is 8.50. The summed E-state index contributed by atoms with van der Waals surface area (Å²) in [5.74, 6) is 1.05. The van der Waals surface area contributed by atoms with Gasteiger partial charge >= 0.3 is 0 Å². The van der Waals surface area contributed by atoms with Crippen molar-refractivity contribution in [3.8, 4) is 0 Å². The number of benzene rings is 1. The van der Waals surface area contributed by atoms with E-state index in [1.165, 1.54) is 36.8 Å². The molecule has 1 saturated carbocycles. The van der Waals surface area contributed by atoms with Gasteiger partial charge in [0.15, 0.2) is 4.77 Å². The zero-order valence-corrected chi connectivity index (χ0v) is 14.0. The second-order valence-corrected chi connectivity index (χ2v) is 6.95. The van der Waals surface area contributed by atoms with E-state index >= 15 is 0 Å². The van der Waals surface area contributed by atoms with Crippen LogP contribution in [-0.2, 0) is 13.1 Å². The van der Waals surface area contributed by atoms with Crippen LogP contribution in [0.5, 0.6) is 0 Å². The lowest BCUT2D eigenvalue weighted by atomic mass is 10.1. The quantitative estimate of drug-likeness (QED) is 0.806. The molecule has 2 aromatic rings. The first-order valence-electron chi connectivity index (χ1n) is 8.09. The Kier molecular flexibility index (Phi) is 3.42. The summed E-state index contributed by atoms with van der Waals surface area (Å²) in [4.78, 5) is 2.38. The number of fused-ring (bicyclic) bond motifs is 1. The third kappa shape index (κ3) is 2.32. The van der Waals surface area contributed by atoms with Crippen LogP contribution in [0.1, 0.15) is 48.3 Å².